The molecule has 2 rings (SSSR count). The van der Waals surface area contributed by atoms with E-state index in [0.717, 1.165) is 23.3 Å². The Labute approximate surface area is 173 Å². The van der Waals surface area contributed by atoms with Crippen molar-refractivity contribution in [3.05, 3.63) is 58.9 Å². The zero-order valence-corrected chi connectivity index (χ0v) is 17.1. The lowest BCUT2D eigenvalue weighted by Crippen LogP contribution is -3.14. The third kappa shape index (κ3) is 6.30. The van der Waals surface area contributed by atoms with E-state index < -0.39 is 29.0 Å². The zero-order chi connectivity index (χ0) is 22.3. The van der Waals surface area contributed by atoms with Gasteiger partial charge in [0.2, 0.25) is 0 Å². The maximum absolute atomic E-state index is 13.8. The molecule has 1 unspecified atom stereocenters. The first-order chi connectivity index (χ1) is 14.2. The van der Waals surface area contributed by atoms with Crippen LogP contribution in [0.2, 0.25) is 0 Å². The van der Waals surface area contributed by atoms with Crippen molar-refractivity contribution in [2.45, 2.75) is 13.8 Å². The number of benzene rings is 2. The lowest BCUT2D eigenvalue weighted by atomic mass is 10.1. The summed E-state index contributed by atoms with van der Waals surface area (Å²) in [5.74, 6) is -5.44. The van der Waals surface area contributed by atoms with Crippen LogP contribution in [-0.2, 0) is 14.3 Å². The molecule has 1 atom stereocenters. The smallest absolute Gasteiger partial charge is 0.279 e. The fraction of sp³-hybridized carbons (Fsp3) is 0.333. The molecule has 0 heterocycles. The van der Waals surface area contributed by atoms with Crippen molar-refractivity contribution in [3.8, 4) is 0 Å². The molecule has 9 heteroatoms. The van der Waals surface area contributed by atoms with Gasteiger partial charge in [-0.1, -0.05) is 12.1 Å². The average molecular weight is 424 g/mol. The molecule has 162 valence electrons. The van der Waals surface area contributed by atoms with Crippen molar-refractivity contribution in [3.63, 3.8) is 0 Å². The molecule has 2 aromatic rings. The van der Waals surface area contributed by atoms with Gasteiger partial charge < -0.3 is 20.3 Å². The summed E-state index contributed by atoms with van der Waals surface area (Å²) in [6.45, 7) is 4.23. The summed E-state index contributed by atoms with van der Waals surface area (Å²) in [6, 6.07) is 7.21. The average Bonchev–Trinajstić information content (AvgIpc) is 2.70. The number of amides is 2. The monoisotopic (exact) mass is 424 g/mol. The van der Waals surface area contributed by atoms with E-state index in [9.17, 15) is 22.8 Å². The van der Waals surface area contributed by atoms with Gasteiger partial charge in [0.1, 0.15) is 6.54 Å². The SMILES string of the molecule is COCC[NH+](CC(=O)Nc1cccc(C)c1C)CC(=O)Nc1ccc(F)c(F)c1F. The Morgan fingerprint density at radius 3 is 2.20 bits per heavy atom. The van der Waals surface area contributed by atoms with Crippen LogP contribution in [-0.4, -0.2) is 45.2 Å². The Morgan fingerprint density at radius 2 is 1.57 bits per heavy atom. The fourth-order valence-electron chi connectivity index (χ4n) is 2.84. The first-order valence-corrected chi connectivity index (χ1v) is 9.34. The second kappa shape index (κ2) is 10.7. The highest BCUT2D eigenvalue weighted by atomic mass is 19.2. The van der Waals surface area contributed by atoms with Gasteiger partial charge in [-0.2, -0.15) is 0 Å². The van der Waals surface area contributed by atoms with Crippen molar-refractivity contribution in [2.24, 2.45) is 0 Å². The first-order valence-electron chi connectivity index (χ1n) is 9.34. The van der Waals surface area contributed by atoms with E-state index in [4.69, 9.17) is 4.74 Å². The molecule has 6 nitrogen and oxygen atoms in total. The number of aryl methyl sites for hydroxylation is 1. The molecule has 2 amide bonds. The van der Waals surface area contributed by atoms with Gasteiger partial charge in [0, 0.05) is 12.8 Å². The van der Waals surface area contributed by atoms with Crippen LogP contribution in [0.3, 0.4) is 0 Å². The highest BCUT2D eigenvalue weighted by Crippen LogP contribution is 2.19. The van der Waals surface area contributed by atoms with Gasteiger partial charge >= 0.3 is 0 Å². The summed E-state index contributed by atoms with van der Waals surface area (Å²) in [5, 5.41) is 5.03. The standard InChI is InChI=1S/C21H24F3N3O3/c1-13-5-4-6-16(14(13)2)25-18(28)11-27(9-10-30-3)12-19(29)26-17-8-7-15(22)20(23)21(17)24/h4-8H,9-12H2,1-3H3,(H,25,28)(H,26,29)/p+1. The van der Waals surface area contributed by atoms with Crippen LogP contribution in [0.4, 0.5) is 24.5 Å². The molecule has 0 aliphatic rings. The minimum absolute atomic E-state index is 0.0373. The Bertz CT molecular complexity index is 922. The van der Waals surface area contributed by atoms with Crippen molar-refractivity contribution in [1.82, 2.24) is 0 Å². The second-order valence-corrected chi connectivity index (χ2v) is 6.91. The number of ether oxygens (including phenoxy) is 1. The number of quaternary nitrogens is 1. The number of hydrogen-bond donors (Lipinski definition) is 3. The van der Waals surface area contributed by atoms with Crippen LogP contribution >= 0.6 is 0 Å². The van der Waals surface area contributed by atoms with Crippen LogP contribution in [0.5, 0.6) is 0 Å². The van der Waals surface area contributed by atoms with E-state index in [2.05, 4.69) is 10.6 Å². The number of halogens is 3. The molecule has 0 radical (unpaired) electrons. The van der Waals surface area contributed by atoms with Crippen LogP contribution < -0.4 is 15.5 Å². The topological polar surface area (TPSA) is 71.9 Å². The Kier molecular flexibility index (Phi) is 8.37. The van der Waals surface area contributed by atoms with E-state index in [1.165, 1.54) is 7.11 Å². The highest BCUT2D eigenvalue weighted by Gasteiger charge is 2.21. The van der Waals surface area contributed by atoms with E-state index in [0.29, 0.717) is 23.7 Å². The number of anilines is 2. The number of nitrogens with one attached hydrogen (secondary N) is 3. The third-order valence-electron chi connectivity index (χ3n) is 4.67. The van der Waals surface area contributed by atoms with Crippen molar-refractivity contribution in [2.75, 3.05) is 44.0 Å². The molecule has 30 heavy (non-hydrogen) atoms. The molecule has 0 saturated carbocycles. The normalized spacial score (nSPS) is 11.8. The lowest BCUT2D eigenvalue weighted by molar-refractivity contribution is -0.883. The summed E-state index contributed by atoms with van der Waals surface area (Å²) in [4.78, 5) is 25.3. The predicted molar refractivity (Wildman–Crippen MR) is 107 cm³/mol. The number of rotatable bonds is 9. The van der Waals surface area contributed by atoms with Gasteiger partial charge in [-0.15, -0.1) is 0 Å². The van der Waals surface area contributed by atoms with Gasteiger partial charge in [-0.3, -0.25) is 9.59 Å². The summed E-state index contributed by atoms with van der Waals surface area (Å²) >= 11 is 0. The van der Waals surface area contributed by atoms with Gasteiger partial charge in [0.15, 0.2) is 30.5 Å². The Morgan fingerprint density at radius 1 is 0.933 bits per heavy atom. The van der Waals surface area contributed by atoms with E-state index >= 15 is 0 Å². The fourth-order valence-corrected chi connectivity index (χ4v) is 2.84. The first kappa shape index (κ1) is 23.4. The zero-order valence-electron chi connectivity index (χ0n) is 17.1. The predicted octanol–water partition coefficient (Wildman–Crippen LogP) is 1.83. The number of carbonyl (C=O) groups is 2. The maximum atomic E-state index is 13.8. The number of methoxy groups -OCH3 is 1. The minimum atomic E-state index is -1.66. The van der Waals surface area contributed by atoms with Gasteiger partial charge in [-0.25, -0.2) is 13.2 Å². The molecule has 0 fully saturated rings. The van der Waals surface area contributed by atoms with Gasteiger partial charge in [0.25, 0.3) is 11.8 Å². The molecule has 0 aliphatic carbocycles. The van der Waals surface area contributed by atoms with Crippen LogP contribution in [0, 0.1) is 31.3 Å². The highest BCUT2D eigenvalue weighted by molar-refractivity contribution is 5.93. The molecule has 0 spiro atoms. The van der Waals surface area contributed by atoms with E-state index in [-0.39, 0.29) is 19.0 Å². The Balaban J connectivity index is 2.02. The molecule has 2 aromatic carbocycles. The summed E-state index contributed by atoms with van der Waals surface area (Å²) in [5.41, 5.74) is 2.18. The largest absolute Gasteiger partial charge is 0.379 e. The van der Waals surface area contributed by atoms with Crippen LogP contribution in [0.25, 0.3) is 0 Å². The maximum Gasteiger partial charge on any atom is 0.279 e. The molecule has 0 aromatic heterocycles. The Hall–Kier alpha value is -2.91. The van der Waals surface area contributed by atoms with Crippen molar-refractivity contribution >= 4 is 23.2 Å². The van der Waals surface area contributed by atoms with Gasteiger partial charge in [-0.05, 0) is 43.2 Å². The second-order valence-electron chi connectivity index (χ2n) is 6.91. The molecule has 0 aliphatic heterocycles. The van der Waals surface area contributed by atoms with Crippen LogP contribution in [0.15, 0.2) is 30.3 Å². The third-order valence-corrected chi connectivity index (χ3v) is 4.67. The quantitative estimate of drug-likeness (QED) is 0.538. The summed E-state index contributed by atoms with van der Waals surface area (Å²) in [7, 11) is 1.49. The van der Waals surface area contributed by atoms with E-state index in [1.54, 1.807) is 6.07 Å². The molecular formula is C21H25F3N3O3+. The van der Waals surface area contributed by atoms with Crippen molar-refractivity contribution in [1.29, 1.82) is 0 Å². The number of hydrogen-bond acceptors (Lipinski definition) is 3. The molecule has 0 bridgehead atoms. The van der Waals surface area contributed by atoms with Crippen LogP contribution in [0.1, 0.15) is 11.1 Å². The minimum Gasteiger partial charge on any atom is -0.379 e. The molecular weight excluding hydrogens is 399 g/mol. The molecule has 3 N–H and O–H groups in total. The summed E-state index contributed by atoms with van der Waals surface area (Å²) in [6.07, 6.45) is 0. The van der Waals surface area contributed by atoms with Crippen molar-refractivity contribution < 1.29 is 32.4 Å². The summed E-state index contributed by atoms with van der Waals surface area (Å²) < 4.78 is 45.2. The van der Waals surface area contributed by atoms with E-state index in [1.807, 2.05) is 26.0 Å². The molecule has 0 saturated heterocycles. The lowest BCUT2D eigenvalue weighted by Gasteiger charge is -2.19. The van der Waals surface area contributed by atoms with Gasteiger partial charge in [0.05, 0.1) is 12.3 Å². The number of carbonyl (C=O) groups excluding carboxylic acids is 2.